The predicted molar refractivity (Wildman–Crippen MR) is 69.5 cm³/mol. The highest BCUT2D eigenvalue weighted by Crippen LogP contribution is 2.26. The van der Waals surface area contributed by atoms with Gasteiger partial charge in [0.1, 0.15) is 0 Å². The predicted octanol–water partition coefficient (Wildman–Crippen LogP) is 3.85. The van der Waals surface area contributed by atoms with E-state index in [2.05, 4.69) is 26.2 Å². The number of aromatic nitrogens is 1. The number of carbonyl (C=O) groups is 1. The average Bonchev–Trinajstić information content (AvgIpc) is 2.65. The molecule has 0 atom stereocenters. The number of hydrogen-bond donors (Lipinski definition) is 1. The van der Waals surface area contributed by atoms with Crippen LogP contribution >= 0.6 is 27.3 Å². The van der Waals surface area contributed by atoms with E-state index in [0.717, 1.165) is 14.6 Å². The number of halogens is 1. The largest absolute Gasteiger partial charge is 0.332 e. The quantitative estimate of drug-likeness (QED) is 0.875. The Morgan fingerprint density at radius 1 is 1.38 bits per heavy atom. The first kappa shape index (κ1) is 11.3. The maximum Gasteiger partial charge on any atom is 0.188 e. The van der Waals surface area contributed by atoms with Crippen molar-refractivity contribution >= 4 is 43.9 Å². The van der Waals surface area contributed by atoms with Crippen molar-refractivity contribution in [2.75, 3.05) is 5.32 Å². The molecule has 0 saturated carbocycles. The molecule has 0 radical (unpaired) electrons. The SMILES string of the molecule is CC(=O)c1ccc(Nc2ncc(Br)s2)cc1. The number of carbonyl (C=O) groups excluding carboxylic acids is 1. The number of Topliss-reactive ketones (excluding diaryl/α,β-unsaturated/α-hetero) is 1. The van der Waals surface area contributed by atoms with Crippen molar-refractivity contribution in [3.8, 4) is 0 Å². The summed E-state index contributed by atoms with van der Waals surface area (Å²) in [6.45, 7) is 1.56. The number of anilines is 2. The number of ketones is 1. The first-order valence-corrected chi connectivity index (χ1v) is 6.25. The molecule has 1 heterocycles. The monoisotopic (exact) mass is 296 g/mol. The molecule has 0 bridgehead atoms. The highest BCUT2D eigenvalue weighted by molar-refractivity contribution is 9.11. The summed E-state index contributed by atoms with van der Waals surface area (Å²) in [5, 5.41) is 3.98. The number of rotatable bonds is 3. The van der Waals surface area contributed by atoms with Crippen LogP contribution in [0.4, 0.5) is 10.8 Å². The van der Waals surface area contributed by atoms with Gasteiger partial charge in [0.2, 0.25) is 0 Å². The lowest BCUT2D eigenvalue weighted by molar-refractivity contribution is 0.101. The third kappa shape index (κ3) is 2.68. The summed E-state index contributed by atoms with van der Waals surface area (Å²) in [6, 6.07) is 7.33. The van der Waals surface area contributed by atoms with Gasteiger partial charge in [-0.2, -0.15) is 0 Å². The van der Waals surface area contributed by atoms with Gasteiger partial charge in [-0.1, -0.05) is 11.3 Å². The zero-order valence-electron chi connectivity index (χ0n) is 8.53. The molecule has 0 aliphatic heterocycles. The lowest BCUT2D eigenvalue weighted by Gasteiger charge is -2.02. The van der Waals surface area contributed by atoms with E-state index in [9.17, 15) is 4.79 Å². The van der Waals surface area contributed by atoms with Crippen LogP contribution in [0.15, 0.2) is 34.2 Å². The Labute approximate surface area is 106 Å². The van der Waals surface area contributed by atoms with Gasteiger partial charge in [0.15, 0.2) is 10.9 Å². The molecular weight excluding hydrogens is 288 g/mol. The molecule has 5 heteroatoms. The number of thiazole rings is 1. The standard InChI is InChI=1S/C11H9BrN2OS/c1-7(15)8-2-4-9(5-3-8)14-11-13-6-10(12)16-11/h2-6H,1H3,(H,13,14). The van der Waals surface area contributed by atoms with E-state index in [4.69, 9.17) is 0 Å². The van der Waals surface area contributed by atoms with Gasteiger partial charge in [-0.15, -0.1) is 0 Å². The van der Waals surface area contributed by atoms with E-state index in [1.807, 2.05) is 12.1 Å². The van der Waals surface area contributed by atoms with Crippen LogP contribution in [0.3, 0.4) is 0 Å². The Morgan fingerprint density at radius 2 is 2.06 bits per heavy atom. The van der Waals surface area contributed by atoms with Crippen molar-refractivity contribution < 1.29 is 4.79 Å². The van der Waals surface area contributed by atoms with Crippen LogP contribution in [0.25, 0.3) is 0 Å². The molecule has 16 heavy (non-hydrogen) atoms. The zero-order chi connectivity index (χ0) is 11.5. The fourth-order valence-corrected chi connectivity index (χ4v) is 2.35. The number of benzene rings is 1. The van der Waals surface area contributed by atoms with Crippen molar-refractivity contribution in [1.29, 1.82) is 0 Å². The summed E-state index contributed by atoms with van der Waals surface area (Å²) >= 11 is 4.87. The van der Waals surface area contributed by atoms with Crippen molar-refractivity contribution in [2.24, 2.45) is 0 Å². The van der Waals surface area contributed by atoms with E-state index in [0.29, 0.717) is 5.56 Å². The van der Waals surface area contributed by atoms with Gasteiger partial charge in [0.25, 0.3) is 0 Å². The highest BCUT2D eigenvalue weighted by Gasteiger charge is 2.01. The van der Waals surface area contributed by atoms with E-state index >= 15 is 0 Å². The first-order chi connectivity index (χ1) is 7.65. The number of nitrogens with one attached hydrogen (secondary N) is 1. The Morgan fingerprint density at radius 3 is 2.56 bits per heavy atom. The van der Waals surface area contributed by atoms with E-state index in [1.54, 1.807) is 25.3 Å². The van der Waals surface area contributed by atoms with Gasteiger partial charge < -0.3 is 5.32 Å². The van der Waals surface area contributed by atoms with Crippen LogP contribution in [0.5, 0.6) is 0 Å². The lowest BCUT2D eigenvalue weighted by atomic mass is 10.1. The maximum absolute atomic E-state index is 11.1. The fourth-order valence-electron chi connectivity index (χ4n) is 1.22. The summed E-state index contributed by atoms with van der Waals surface area (Å²) in [5.41, 5.74) is 1.64. The van der Waals surface area contributed by atoms with Crippen LogP contribution in [0, 0.1) is 0 Å². The van der Waals surface area contributed by atoms with Crippen LogP contribution in [0.2, 0.25) is 0 Å². The minimum Gasteiger partial charge on any atom is -0.332 e. The molecule has 1 aromatic heterocycles. The summed E-state index contributed by atoms with van der Waals surface area (Å²) in [5.74, 6) is 0.0727. The van der Waals surface area contributed by atoms with E-state index in [1.165, 1.54) is 11.3 Å². The molecule has 1 N–H and O–H groups in total. The van der Waals surface area contributed by atoms with Gasteiger partial charge in [-0.05, 0) is 47.1 Å². The molecule has 0 fully saturated rings. The Bertz CT molecular complexity index is 507. The number of hydrogen-bond acceptors (Lipinski definition) is 4. The van der Waals surface area contributed by atoms with Crippen molar-refractivity contribution in [2.45, 2.75) is 6.92 Å². The summed E-state index contributed by atoms with van der Waals surface area (Å²) in [4.78, 5) is 15.2. The first-order valence-electron chi connectivity index (χ1n) is 4.64. The van der Waals surface area contributed by atoms with Gasteiger partial charge in [-0.3, -0.25) is 4.79 Å². The van der Waals surface area contributed by atoms with Crippen LogP contribution < -0.4 is 5.32 Å². The molecule has 0 spiro atoms. The Kier molecular flexibility index (Phi) is 3.36. The number of nitrogens with zero attached hydrogens (tertiary/aromatic N) is 1. The molecule has 0 saturated heterocycles. The molecule has 0 amide bonds. The smallest absolute Gasteiger partial charge is 0.188 e. The lowest BCUT2D eigenvalue weighted by Crippen LogP contribution is -1.93. The average molecular weight is 297 g/mol. The van der Waals surface area contributed by atoms with Crippen LogP contribution in [0.1, 0.15) is 17.3 Å². The van der Waals surface area contributed by atoms with E-state index < -0.39 is 0 Å². The van der Waals surface area contributed by atoms with Crippen molar-refractivity contribution in [3.05, 3.63) is 39.8 Å². The fraction of sp³-hybridized carbons (Fsp3) is 0.0909. The molecule has 2 aromatic rings. The molecule has 0 aliphatic carbocycles. The normalized spacial score (nSPS) is 10.1. The van der Waals surface area contributed by atoms with E-state index in [-0.39, 0.29) is 5.78 Å². The van der Waals surface area contributed by atoms with Crippen molar-refractivity contribution in [3.63, 3.8) is 0 Å². The molecule has 3 nitrogen and oxygen atoms in total. The second-order valence-electron chi connectivity index (χ2n) is 3.23. The molecular formula is C11H9BrN2OS. The molecule has 1 aromatic carbocycles. The molecule has 0 unspecified atom stereocenters. The zero-order valence-corrected chi connectivity index (χ0v) is 10.9. The second kappa shape index (κ2) is 4.76. The third-order valence-corrected chi connectivity index (χ3v) is 3.41. The minimum atomic E-state index is 0.0727. The summed E-state index contributed by atoms with van der Waals surface area (Å²) in [6.07, 6.45) is 1.75. The Balaban J connectivity index is 2.14. The molecule has 82 valence electrons. The van der Waals surface area contributed by atoms with Gasteiger partial charge in [0.05, 0.1) is 9.98 Å². The summed E-state index contributed by atoms with van der Waals surface area (Å²) < 4.78 is 0.982. The molecule has 0 aliphatic rings. The second-order valence-corrected chi connectivity index (χ2v) is 5.64. The van der Waals surface area contributed by atoms with Gasteiger partial charge in [-0.25, -0.2) is 4.98 Å². The maximum atomic E-state index is 11.1. The highest BCUT2D eigenvalue weighted by atomic mass is 79.9. The summed E-state index contributed by atoms with van der Waals surface area (Å²) in [7, 11) is 0. The van der Waals surface area contributed by atoms with Gasteiger partial charge in [0, 0.05) is 11.3 Å². The molecule has 2 rings (SSSR count). The minimum absolute atomic E-state index is 0.0727. The van der Waals surface area contributed by atoms with Crippen LogP contribution in [-0.2, 0) is 0 Å². The van der Waals surface area contributed by atoms with Gasteiger partial charge >= 0.3 is 0 Å². The third-order valence-electron chi connectivity index (χ3n) is 2.02. The van der Waals surface area contributed by atoms with Crippen molar-refractivity contribution in [1.82, 2.24) is 4.98 Å². The van der Waals surface area contributed by atoms with Crippen LogP contribution in [-0.4, -0.2) is 10.8 Å². The Hall–Kier alpha value is -1.20. The topological polar surface area (TPSA) is 42.0 Å².